The van der Waals surface area contributed by atoms with Gasteiger partial charge in [-0.3, -0.25) is 19.2 Å². The van der Waals surface area contributed by atoms with Crippen molar-refractivity contribution >= 4 is 29.1 Å². The molecule has 1 heterocycles. The van der Waals surface area contributed by atoms with Crippen molar-refractivity contribution in [2.45, 2.75) is 20.8 Å². The van der Waals surface area contributed by atoms with Crippen LogP contribution in [0.25, 0.3) is 0 Å². The van der Waals surface area contributed by atoms with E-state index >= 15 is 0 Å². The van der Waals surface area contributed by atoms with Gasteiger partial charge in [-0.05, 0) is 38.0 Å². The summed E-state index contributed by atoms with van der Waals surface area (Å²) in [5.74, 6) is -4.71. The topological polar surface area (TPSA) is 71.5 Å². The number of Topliss-reactive ketones (excluding diaryl/α,β-unsaturated/α-hetero) is 2. The van der Waals surface area contributed by atoms with Crippen LogP contribution in [0.1, 0.15) is 18.1 Å². The number of carbonyl (C=O) groups excluding carboxylic acids is 4. The third-order valence-electron chi connectivity index (χ3n) is 3.37. The van der Waals surface area contributed by atoms with Gasteiger partial charge in [-0.1, -0.05) is 12.1 Å². The van der Waals surface area contributed by atoms with Gasteiger partial charge >= 0.3 is 35.5 Å². The summed E-state index contributed by atoms with van der Waals surface area (Å²) in [5, 5.41) is 0. The van der Waals surface area contributed by atoms with Gasteiger partial charge in [-0.25, -0.2) is 4.90 Å². The van der Waals surface area contributed by atoms with Crippen LogP contribution in [0.2, 0.25) is 0 Å². The SMILES string of the molecule is CC(=O)C1C(=O)C(=O)N(c2cccc(C)c2C)C1=O.[Na+]. The summed E-state index contributed by atoms with van der Waals surface area (Å²) in [6.45, 7) is 4.74. The number of anilines is 1. The van der Waals surface area contributed by atoms with Crippen LogP contribution < -0.4 is 34.5 Å². The number of carbonyl (C=O) groups is 4. The van der Waals surface area contributed by atoms with Gasteiger partial charge < -0.3 is 0 Å². The summed E-state index contributed by atoms with van der Waals surface area (Å²) in [6.07, 6.45) is 0. The Hall–Kier alpha value is -1.30. The van der Waals surface area contributed by atoms with E-state index in [0.717, 1.165) is 23.0 Å². The molecule has 2 amide bonds. The Balaban J connectivity index is 0.00000200. The van der Waals surface area contributed by atoms with Crippen molar-refractivity contribution in [3.05, 3.63) is 29.3 Å². The van der Waals surface area contributed by atoms with E-state index in [0.29, 0.717) is 5.69 Å². The van der Waals surface area contributed by atoms with Crippen LogP contribution in [0.4, 0.5) is 5.69 Å². The summed E-state index contributed by atoms with van der Waals surface area (Å²) in [5.41, 5.74) is 2.00. The van der Waals surface area contributed by atoms with Crippen molar-refractivity contribution in [1.29, 1.82) is 0 Å². The molecular weight excluding hydrogens is 269 g/mol. The third kappa shape index (κ3) is 2.49. The Labute approximate surface area is 138 Å². The second kappa shape index (κ2) is 5.99. The molecule has 0 bridgehead atoms. The normalized spacial score (nSPS) is 18.2. The maximum Gasteiger partial charge on any atom is 1.00 e. The molecule has 20 heavy (non-hydrogen) atoms. The van der Waals surface area contributed by atoms with Gasteiger partial charge in [0.2, 0.25) is 5.78 Å². The number of benzene rings is 1. The number of aryl methyl sites for hydroxylation is 1. The number of hydrogen-bond acceptors (Lipinski definition) is 4. The molecule has 1 saturated heterocycles. The number of hydrogen-bond donors (Lipinski definition) is 0. The van der Waals surface area contributed by atoms with Crippen LogP contribution in [0, 0.1) is 19.8 Å². The van der Waals surface area contributed by atoms with Crippen LogP contribution >= 0.6 is 0 Å². The quantitative estimate of drug-likeness (QED) is 0.271. The Morgan fingerprint density at radius 3 is 2.25 bits per heavy atom. The van der Waals surface area contributed by atoms with E-state index < -0.39 is 29.3 Å². The van der Waals surface area contributed by atoms with E-state index in [1.165, 1.54) is 0 Å². The largest absolute Gasteiger partial charge is 1.00 e. The molecule has 0 aliphatic carbocycles. The van der Waals surface area contributed by atoms with Crippen molar-refractivity contribution in [1.82, 2.24) is 0 Å². The average molecular weight is 282 g/mol. The van der Waals surface area contributed by atoms with Crippen molar-refractivity contribution < 1.29 is 48.7 Å². The van der Waals surface area contributed by atoms with Crippen molar-refractivity contribution in [2.24, 2.45) is 5.92 Å². The van der Waals surface area contributed by atoms with E-state index in [2.05, 4.69) is 0 Å². The maximum atomic E-state index is 12.1. The van der Waals surface area contributed by atoms with E-state index in [9.17, 15) is 19.2 Å². The molecule has 1 aromatic rings. The Bertz CT molecular complexity index is 624. The Kier molecular flexibility index (Phi) is 5.02. The van der Waals surface area contributed by atoms with Crippen LogP contribution in [0.3, 0.4) is 0 Å². The van der Waals surface area contributed by atoms with Gasteiger partial charge in [0.1, 0.15) is 5.78 Å². The predicted octanol–water partition coefficient (Wildman–Crippen LogP) is -2.05. The van der Waals surface area contributed by atoms with Gasteiger partial charge in [0, 0.05) is 0 Å². The fourth-order valence-electron chi connectivity index (χ4n) is 2.14. The molecule has 2 rings (SSSR count). The van der Waals surface area contributed by atoms with E-state index in [1.807, 2.05) is 13.0 Å². The fraction of sp³-hybridized carbons (Fsp3) is 0.286. The average Bonchev–Trinajstić information content (AvgIpc) is 2.55. The first kappa shape index (κ1) is 16.8. The van der Waals surface area contributed by atoms with Gasteiger partial charge in [-0.15, -0.1) is 0 Å². The molecule has 1 fully saturated rings. The molecule has 0 radical (unpaired) electrons. The summed E-state index contributed by atoms with van der Waals surface area (Å²) >= 11 is 0. The van der Waals surface area contributed by atoms with Crippen LogP contribution in [-0.2, 0) is 19.2 Å². The number of ketones is 2. The predicted molar refractivity (Wildman–Crippen MR) is 67.6 cm³/mol. The van der Waals surface area contributed by atoms with Gasteiger partial charge in [-0.2, -0.15) is 0 Å². The molecular formula is C14H13NNaO4+. The molecule has 1 unspecified atom stereocenters. The third-order valence-corrected chi connectivity index (χ3v) is 3.37. The van der Waals surface area contributed by atoms with Gasteiger partial charge in [0.05, 0.1) is 5.69 Å². The molecule has 1 aliphatic heterocycles. The van der Waals surface area contributed by atoms with Crippen molar-refractivity contribution in [3.8, 4) is 0 Å². The second-order valence-electron chi connectivity index (χ2n) is 4.61. The minimum Gasteiger partial charge on any atom is -0.299 e. The molecule has 98 valence electrons. The van der Waals surface area contributed by atoms with Crippen LogP contribution in [0.5, 0.6) is 0 Å². The number of nitrogens with zero attached hydrogens (tertiary/aromatic N) is 1. The van der Waals surface area contributed by atoms with Crippen molar-refractivity contribution in [2.75, 3.05) is 4.90 Å². The number of imide groups is 1. The van der Waals surface area contributed by atoms with Gasteiger partial charge in [0.15, 0.2) is 5.92 Å². The molecule has 0 spiro atoms. The number of rotatable bonds is 2. The second-order valence-corrected chi connectivity index (χ2v) is 4.61. The number of amides is 2. The minimum atomic E-state index is -1.48. The summed E-state index contributed by atoms with van der Waals surface area (Å²) in [7, 11) is 0. The Morgan fingerprint density at radius 1 is 1.15 bits per heavy atom. The first-order valence-corrected chi connectivity index (χ1v) is 5.85. The first-order chi connectivity index (χ1) is 8.86. The first-order valence-electron chi connectivity index (χ1n) is 5.85. The van der Waals surface area contributed by atoms with Gasteiger partial charge in [0.25, 0.3) is 5.91 Å². The summed E-state index contributed by atoms with van der Waals surface area (Å²) in [4.78, 5) is 47.8. The maximum absolute atomic E-state index is 12.1. The minimum absolute atomic E-state index is 0. The Morgan fingerprint density at radius 2 is 1.75 bits per heavy atom. The van der Waals surface area contributed by atoms with Crippen molar-refractivity contribution in [3.63, 3.8) is 0 Å². The van der Waals surface area contributed by atoms with E-state index in [-0.39, 0.29) is 29.6 Å². The standard InChI is InChI=1S/C14H13NO4.Na/c1-7-5-4-6-10(8(7)2)15-13(18)11(9(3)16)12(17)14(15)19;/h4-6,11H,1-3H3;/q;+1. The molecule has 0 saturated carbocycles. The zero-order chi connectivity index (χ0) is 14.3. The fourth-order valence-corrected chi connectivity index (χ4v) is 2.14. The van der Waals surface area contributed by atoms with E-state index in [4.69, 9.17) is 0 Å². The molecule has 1 aromatic carbocycles. The zero-order valence-electron chi connectivity index (χ0n) is 11.9. The zero-order valence-corrected chi connectivity index (χ0v) is 13.9. The van der Waals surface area contributed by atoms with Crippen LogP contribution in [0.15, 0.2) is 18.2 Å². The molecule has 5 nitrogen and oxygen atoms in total. The molecule has 0 aromatic heterocycles. The molecule has 1 atom stereocenters. The molecule has 1 aliphatic rings. The monoisotopic (exact) mass is 282 g/mol. The molecule has 6 heteroatoms. The van der Waals surface area contributed by atoms with E-state index in [1.54, 1.807) is 19.1 Å². The van der Waals surface area contributed by atoms with Crippen LogP contribution in [-0.4, -0.2) is 23.4 Å². The smallest absolute Gasteiger partial charge is 0.299 e. The molecule has 0 N–H and O–H groups in total. The summed E-state index contributed by atoms with van der Waals surface area (Å²) < 4.78 is 0. The summed E-state index contributed by atoms with van der Waals surface area (Å²) in [6, 6.07) is 5.13.